The molecule has 0 aliphatic heterocycles. The van der Waals surface area contributed by atoms with Crippen LogP contribution in [0.3, 0.4) is 0 Å². The number of fused-ring (bicyclic) bond motifs is 2. The molecule has 0 unspecified atom stereocenters. The maximum atomic E-state index is 12.4. The van der Waals surface area contributed by atoms with Crippen LogP contribution in [0.2, 0.25) is 0 Å². The van der Waals surface area contributed by atoms with Crippen molar-refractivity contribution >= 4 is 38.5 Å². The first-order valence-electron chi connectivity index (χ1n) is 8.29. The summed E-state index contributed by atoms with van der Waals surface area (Å²) in [6.07, 6.45) is 3.03. The highest BCUT2D eigenvalue weighted by Crippen LogP contribution is 2.14. The average Bonchev–Trinajstić information content (AvgIpc) is 3.21. The Kier molecular flexibility index (Phi) is 4.32. The molecule has 0 aliphatic rings. The molecule has 0 saturated carbocycles. The molecule has 0 aliphatic carbocycles. The van der Waals surface area contributed by atoms with Gasteiger partial charge in [-0.2, -0.15) is 5.10 Å². The molecule has 1 aromatic carbocycles. The van der Waals surface area contributed by atoms with Crippen molar-refractivity contribution in [3.63, 3.8) is 0 Å². The molecule has 10 heteroatoms. The first-order valence-corrected chi connectivity index (χ1v) is 9.10. The summed E-state index contributed by atoms with van der Waals surface area (Å²) in [6, 6.07) is 7.93. The number of carbonyl (C=O) groups is 1. The Balaban J connectivity index is 1.48. The fraction of sp³-hybridized carbons (Fsp3) is 0.235. The van der Waals surface area contributed by atoms with Gasteiger partial charge in [0.1, 0.15) is 5.39 Å². The maximum Gasteiger partial charge on any atom is 0.264 e. The minimum absolute atomic E-state index is 0.117. The summed E-state index contributed by atoms with van der Waals surface area (Å²) in [5.74, 6) is -0.273. The van der Waals surface area contributed by atoms with Gasteiger partial charge < -0.3 is 4.57 Å². The molecule has 27 heavy (non-hydrogen) atoms. The lowest BCUT2D eigenvalue weighted by Gasteiger charge is -2.04. The average molecular weight is 383 g/mol. The molecule has 9 nitrogen and oxygen atoms in total. The van der Waals surface area contributed by atoms with E-state index in [2.05, 4.69) is 20.6 Å². The molecular formula is C17H17N7O2S. The summed E-state index contributed by atoms with van der Waals surface area (Å²) in [7, 11) is 3.63. The normalized spacial score (nSPS) is 12.1. The summed E-state index contributed by atoms with van der Waals surface area (Å²) in [5, 5.41) is 8.66. The van der Waals surface area contributed by atoms with Gasteiger partial charge in [0, 0.05) is 27.1 Å². The lowest BCUT2D eigenvalue weighted by molar-refractivity contribution is -0.121. The zero-order valence-corrected chi connectivity index (χ0v) is 15.6. The quantitative estimate of drug-likeness (QED) is 0.525. The fourth-order valence-corrected chi connectivity index (χ4v) is 3.78. The topological polar surface area (TPSA) is 99.1 Å². The molecule has 3 heterocycles. The number of hydrogen-bond acceptors (Lipinski definition) is 6. The number of thiazole rings is 1. The zero-order valence-electron chi connectivity index (χ0n) is 14.8. The van der Waals surface area contributed by atoms with E-state index in [0.29, 0.717) is 15.8 Å². The van der Waals surface area contributed by atoms with Gasteiger partial charge in [0.05, 0.1) is 22.7 Å². The smallest absolute Gasteiger partial charge is 0.264 e. The van der Waals surface area contributed by atoms with E-state index in [-0.39, 0.29) is 24.4 Å². The maximum absolute atomic E-state index is 12.4. The predicted octanol–water partition coefficient (Wildman–Crippen LogP) is 0.705. The van der Waals surface area contributed by atoms with Gasteiger partial charge in [-0.25, -0.2) is 10.4 Å². The number of carbonyl (C=O) groups excluding carboxylic acids is 1. The molecule has 0 radical (unpaired) electrons. The number of amides is 1. The van der Waals surface area contributed by atoms with Crippen LogP contribution in [0.25, 0.3) is 21.3 Å². The van der Waals surface area contributed by atoms with Crippen molar-refractivity contribution in [2.24, 2.45) is 19.2 Å². The molecule has 0 spiro atoms. The Morgan fingerprint density at radius 3 is 2.93 bits per heavy atom. The monoisotopic (exact) mass is 383 g/mol. The number of nitrogens with one attached hydrogen (secondary N) is 1. The van der Waals surface area contributed by atoms with E-state index in [4.69, 9.17) is 0 Å². The van der Waals surface area contributed by atoms with Gasteiger partial charge in [0.15, 0.2) is 5.65 Å². The molecule has 4 aromatic rings. The van der Waals surface area contributed by atoms with Crippen LogP contribution in [0.1, 0.15) is 6.42 Å². The molecule has 4 rings (SSSR count). The first kappa shape index (κ1) is 17.2. The molecule has 3 aromatic heterocycles. The van der Waals surface area contributed by atoms with Crippen LogP contribution in [0.5, 0.6) is 0 Å². The summed E-state index contributed by atoms with van der Waals surface area (Å²) in [5.41, 5.74) is 3.92. The summed E-state index contributed by atoms with van der Waals surface area (Å²) in [6.45, 7) is 0.219. The fourth-order valence-electron chi connectivity index (χ4n) is 2.80. The van der Waals surface area contributed by atoms with Crippen LogP contribution in [0.15, 0.2) is 46.7 Å². The molecular weight excluding hydrogens is 366 g/mol. The number of aryl methyl sites for hydroxylation is 3. The lowest BCUT2D eigenvalue weighted by atomic mass is 10.3. The van der Waals surface area contributed by atoms with Gasteiger partial charge in [-0.3, -0.25) is 18.8 Å². The third-order valence-electron chi connectivity index (χ3n) is 4.29. The van der Waals surface area contributed by atoms with Gasteiger partial charge in [0.2, 0.25) is 10.7 Å². The second-order valence-electron chi connectivity index (χ2n) is 6.06. The molecule has 138 valence electrons. The number of nitrogens with zero attached hydrogens (tertiary/aromatic N) is 6. The third-order valence-corrected chi connectivity index (χ3v) is 5.40. The zero-order chi connectivity index (χ0) is 19.0. The molecule has 0 fully saturated rings. The van der Waals surface area contributed by atoms with Crippen LogP contribution in [-0.4, -0.2) is 29.8 Å². The molecule has 1 amide bonds. The van der Waals surface area contributed by atoms with E-state index >= 15 is 0 Å². The number of hydrogen-bond donors (Lipinski definition) is 1. The van der Waals surface area contributed by atoms with Crippen molar-refractivity contribution in [3.05, 3.63) is 51.9 Å². The van der Waals surface area contributed by atoms with Gasteiger partial charge in [-0.15, -0.1) is 5.10 Å². The Bertz CT molecular complexity index is 1280. The summed E-state index contributed by atoms with van der Waals surface area (Å²) in [4.78, 5) is 29.4. The number of aromatic nitrogens is 5. The molecule has 0 atom stereocenters. The van der Waals surface area contributed by atoms with Crippen molar-refractivity contribution in [2.45, 2.75) is 13.0 Å². The summed E-state index contributed by atoms with van der Waals surface area (Å²) < 4.78 is 5.96. The molecule has 0 bridgehead atoms. The number of para-hydroxylation sites is 1. The van der Waals surface area contributed by atoms with Crippen LogP contribution < -0.4 is 15.8 Å². The van der Waals surface area contributed by atoms with E-state index in [1.165, 1.54) is 33.1 Å². The van der Waals surface area contributed by atoms with Crippen LogP contribution in [0.4, 0.5) is 0 Å². The van der Waals surface area contributed by atoms with Gasteiger partial charge in [-0.1, -0.05) is 23.5 Å². The first-order chi connectivity index (χ1) is 13.0. The lowest BCUT2D eigenvalue weighted by Crippen LogP contribution is -2.27. The number of rotatable bonds is 4. The number of benzene rings is 1. The highest BCUT2D eigenvalue weighted by Gasteiger charge is 2.09. The van der Waals surface area contributed by atoms with Crippen LogP contribution >= 0.6 is 11.3 Å². The van der Waals surface area contributed by atoms with Gasteiger partial charge in [-0.05, 0) is 12.1 Å². The largest absolute Gasteiger partial charge is 0.318 e. The Hall–Kier alpha value is -3.27. The van der Waals surface area contributed by atoms with Crippen molar-refractivity contribution in [1.29, 1.82) is 0 Å². The predicted molar refractivity (Wildman–Crippen MR) is 102 cm³/mol. The van der Waals surface area contributed by atoms with Crippen LogP contribution in [-0.2, 0) is 25.4 Å². The Morgan fingerprint density at radius 2 is 2.11 bits per heavy atom. The van der Waals surface area contributed by atoms with Crippen molar-refractivity contribution < 1.29 is 4.79 Å². The standard InChI is InChI=1S/C17H17N7O2S/c1-22-12-5-3-4-6-13(12)27-17(22)21-20-14(25)7-8-24-10-18-15-11(16(24)26)9-19-23(15)2/h3-6,9-10H,7-8H2,1-2H3,(H,20,25)/b21-17-. The Labute approximate surface area is 157 Å². The Morgan fingerprint density at radius 1 is 1.30 bits per heavy atom. The highest BCUT2D eigenvalue weighted by atomic mass is 32.1. The SMILES string of the molecule is Cn1ncc2c(=O)n(CCC(=O)N/N=c3\sc4ccccc4n3C)cnc21. The van der Waals surface area contributed by atoms with E-state index in [0.717, 1.165) is 10.2 Å². The van der Waals surface area contributed by atoms with Gasteiger partial charge in [0.25, 0.3) is 5.56 Å². The summed E-state index contributed by atoms with van der Waals surface area (Å²) >= 11 is 1.49. The minimum atomic E-state index is -0.273. The van der Waals surface area contributed by atoms with Crippen molar-refractivity contribution in [2.75, 3.05) is 0 Å². The highest BCUT2D eigenvalue weighted by molar-refractivity contribution is 7.16. The molecule has 1 N–H and O–H groups in total. The van der Waals surface area contributed by atoms with E-state index in [9.17, 15) is 9.59 Å². The van der Waals surface area contributed by atoms with Crippen molar-refractivity contribution in [1.82, 2.24) is 29.3 Å². The van der Waals surface area contributed by atoms with Crippen molar-refractivity contribution in [3.8, 4) is 0 Å². The van der Waals surface area contributed by atoms with Gasteiger partial charge >= 0.3 is 0 Å². The molecule has 0 saturated heterocycles. The second-order valence-corrected chi connectivity index (χ2v) is 7.07. The minimum Gasteiger partial charge on any atom is -0.318 e. The van der Waals surface area contributed by atoms with E-state index < -0.39 is 0 Å². The van der Waals surface area contributed by atoms with Crippen LogP contribution in [0, 0.1) is 0 Å². The van der Waals surface area contributed by atoms with E-state index in [1.54, 1.807) is 7.05 Å². The van der Waals surface area contributed by atoms with E-state index in [1.807, 2.05) is 35.9 Å². The second kappa shape index (κ2) is 6.80. The third kappa shape index (κ3) is 3.14.